The lowest BCUT2D eigenvalue weighted by Crippen LogP contribution is -2.02. The molecule has 0 saturated carbocycles. The Hall–Kier alpha value is -2.48. The Morgan fingerprint density at radius 3 is 2.65 bits per heavy atom. The first-order valence-electron chi connectivity index (χ1n) is 8.07. The van der Waals surface area contributed by atoms with Crippen LogP contribution in [0.15, 0.2) is 42.6 Å². The first kappa shape index (κ1) is 18.3. The molecule has 0 unspecified atom stereocenters. The van der Waals surface area contributed by atoms with E-state index in [1.54, 1.807) is 24.4 Å². The lowest BCUT2D eigenvalue weighted by molar-refractivity contribution is 0.112. The molecule has 0 N–H and O–H groups in total. The number of nitriles is 1. The summed E-state index contributed by atoms with van der Waals surface area (Å²) in [5, 5.41) is 10.8. The van der Waals surface area contributed by atoms with Crippen molar-refractivity contribution >= 4 is 40.4 Å². The van der Waals surface area contributed by atoms with Crippen LogP contribution in [0, 0.1) is 11.3 Å². The van der Waals surface area contributed by atoms with Crippen LogP contribution in [0.3, 0.4) is 0 Å². The number of ether oxygens (including phenoxy) is 1. The molecule has 2 aromatic carbocycles. The lowest BCUT2D eigenvalue weighted by atomic mass is 10.2. The van der Waals surface area contributed by atoms with Gasteiger partial charge in [0.05, 0.1) is 12.5 Å². The third kappa shape index (κ3) is 3.55. The Morgan fingerprint density at radius 1 is 1.27 bits per heavy atom. The maximum Gasteiger partial charge on any atom is 0.152 e. The molecule has 0 spiro atoms. The molecule has 0 saturated heterocycles. The van der Waals surface area contributed by atoms with E-state index in [2.05, 4.69) is 6.07 Å². The Kier molecular flexibility index (Phi) is 5.51. The third-order valence-corrected chi connectivity index (χ3v) is 4.98. The zero-order chi connectivity index (χ0) is 18.7. The molecule has 3 aromatic rings. The number of aldehydes is 1. The molecule has 3 rings (SSSR count). The van der Waals surface area contributed by atoms with Gasteiger partial charge in [0.25, 0.3) is 0 Å². The van der Waals surface area contributed by atoms with Crippen LogP contribution >= 0.6 is 23.2 Å². The van der Waals surface area contributed by atoms with Gasteiger partial charge in [-0.1, -0.05) is 29.3 Å². The molecule has 1 aromatic heterocycles. The number of benzene rings is 2. The zero-order valence-corrected chi connectivity index (χ0v) is 15.6. The highest BCUT2D eigenvalue weighted by molar-refractivity contribution is 6.35. The standard InChI is InChI=1S/C20H16Cl2N2O2/c1-13(7-8-23)24-10-14(11-25)16-9-15(5-6-20(16)24)26-12-17-18(21)3-2-4-19(17)22/h2-6,9-11,13H,7,12H2,1H3/t13-/m1/s1. The molecular formula is C20H16Cl2N2O2. The number of aromatic nitrogens is 1. The predicted octanol–water partition coefficient (Wildman–Crippen LogP) is 5.81. The summed E-state index contributed by atoms with van der Waals surface area (Å²) in [6.07, 6.45) is 2.95. The van der Waals surface area contributed by atoms with Crippen LogP contribution in [0.4, 0.5) is 0 Å². The van der Waals surface area contributed by atoms with Gasteiger partial charge >= 0.3 is 0 Å². The van der Waals surface area contributed by atoms with Crippen molar-refractivity contribution in [1.29, 1.82) is 5.26 Å². The van der Waals surface area contributed by atoms with Crippen molar-refractivity contribution in [3.8, 4) is 11.8 Å². The van der Waals surface area contributed by atoms with Gasteiger partial charge in [0.15, 0.2) is 6.29 Å². The monoisotopic (exact) mass is 386 g/mol. The number of hydrogen-bond donors (Lipinski definition) is 0. The highest BCUT2D eigenvalue weighted by Crippen LogP contribution is 2.30. The number of nitrogens with zero attached hydrogens (tertiary/aromatic N) is 2. The van der Waals surface area contributed by atoms with Crippen LogP contribution in [0.25, 0.3) is 10.9 Å². The maximum absolute atomic E-state index is 11.4. The van der Waals surface area contributed by atoms with Gasteiger partial charge < -0.3 is 9.30 Å². The van der Waals surface area contributed by atoms with Crippen LogP contribution in [-0.2, 0) is 6.61 Å². The topological polar surface area (TPSA) is 55.0 Å². The minimum absolute atomic E-state index is 0.0232. The molecule has 0 aliphatic carbocycles. The van der Waals surface area contributed by atoms with Gasteiger partial charge in [0.1, 0.15) is 12.4 Å². The lowest BCUT2D eigenvalue weighted by Gasteiger charge is -2.12. The molecular weight excluding hydrogens is 371 g/mol. The molecule has 132 valence electrons. The van der Waals surface area contributed by atoms with E-state index < -0.39 is 0 Å². The van der Waals surface area contributed by atoms with Crippen molar-refractivity contribution in [2.24, 2.45) is 0 Å². The Bertz CT molecular complexity index is 985. The fourth-order valence-electron chi connectivity index (χ4n) is 2.87. The first-order chi connectivity index (χ1) is 12.5. The summed E-state index contributed by atoms with van der Waals surface area (Å²) < 4.78 is 7.77. The summed E-state index contributed by atoms with van der Waals surface area (Å²) in [6, 6.07) is 13.0. The highest BCUT2D eigenvalue weighted by atomic mass is 35.5. The minimum atomic E-state index is -0.0232. The average molecular weight is 387 g/mol. The van der Waals surface area contributed by atoms with Crippen LogP contribution in [0.5, 0.6) is 5.75 Å². The van der Waals surface area contributed by atoms with Crippen LogP contribution in [-0.4, -0.2) is 10.9 Å². The van der Waals surface area contributed by atoms with E-state index in [0.29, 0.717) is 33.3 Å². The smallest absolute Gasteiger partial charge is 0.152 e. The molecule has 1 heterocycles. The number of carbonyl (C=O) groups excluding carboxylic acids is 1. The van der Waals surface area contributed by atoms with Gasteiger partial charge in [-0.15, -0.1) is 0 Å². The van der Waals surface area contributed by atoms with E-state index in [1.165, 1.54) is 0 Å². The summed E-state index contributed by atoms with van der Waals surface area (Å²) in [5.41, 5.74) is 2.16. The Morgan fingerprint density at radius 2 is 2.00 bits per heavy atom. The van der Waals surface area contributed by atoms with Gasteiger partial charge in [-0.25, -0.2) is 0 Å². The zero-order valence-electron chi connectivity index (χ0n) is 14.1. The molecule has 0 amide bonds. The first-order valence-corrected chi connectivity index (χ1v) is 8.83. The molecule has 26 heavy (non-hydrogen) atoms. The second kappa shape index (κ2) is 7.82. The molecule has 0 fully saturated rings. The molecule has 0 aliphatic heterocycles. The van der Waals surface area contributed by atoms with Gasteiger partial charge in [-0.2, -0.15) is 5.26 Å². The van der Waals surface area contributed by atoms with Gasteiger partial charge in [0.2, 0.25) is 0 Å². The Balaban J connectivity index is 1.92. The molecule has 0 bridgehead atoms. The summed E-state index contributed by atoms with van der Waals surface area (Å²) >= 11 is 12.3. The van der Waals surface area contributed by atoms with Crippen molar-refractivity contribution in [2.75, 3.05) is 0 Å². The normalized spacial score (nSPS) is 11.9. The van der Waals surface area contributed by atoms with E-state index in [-0.39, 0.29) is 12.6 Å². The van der Waals surface area contributed by atoms with E-state index in [0.717, 1.165) is 17.2 Å². The van der Waals surface area contributed by atoms with Gasteiger partial charge in [0, 0.05) is 44.3 Å². The van der Waals surface area contributed by atoms with Crippen LogP contribution < -0.4 is 4.74 Å². The maximum atomic E-state index is 11.4. The summed E-state index contributed by atoms with van der Waals surface area (Å²) in [5.74, 6) is 0.613. The highest BCUT2D eigenvalue weighted by Gasteiger charge is 2.14. The van der Waals surface area contributed by atoms with Crippen molar-refractivity contribution in [2.45, 2.75) is 26.0 Å². The summed E-state index contributed by atoms with van der Waals surface area (Å²) in [7, 11) is 0. The quantitative estimate of drug-likeness (QED) is 0.501. The second-order valence-corrected chi connectivity index (χ2v) is 6.80. The van der Waals surface area contributed by atoms with Crippen LogP contribution in [0.1, 0.15) is 35.3 Å². The predicted molar refractivity (Wildman–Crippen MR) is 103 cm³/mol. The van der Waals surface area contributed by atoms with Crippen molar-refractivity contribution in [3.05, 3.63) is 63.8 Å². The molecule has 4 nitrogen and oxygen atoms in total. The fourth-order valence-corrected chi connectivity index (χ4v) is 3.37. The number of halogens is 2. The minimum Gasteiger partial charge on any atom is -0.489 e. The number of hydrogen-bond acceptors (Lipinski definition) is 3. The molecule has 0 radical (unpaired) electrons. The molecule has 6 heteroatoms. The largest absolute Gasteiger partial charge is 0.489 e. The summed E-state index contributed by atoms with van der Waals surface area (Å²) in [4.78, 5) is 11.4. The van der Waals surface area contributed by atoms with E-state index >= 15 is 0 Å². The Labute approximate surface area is 161 Å². The third-order valence-electron chi connectivity index (χ3n) is 4.27. The SMILES string of the molecule is C[C@H](CC#N)n1cc(C=O)c2cc(OCc3c(Cl)cccc3Cl)ccc21. The van der Waals surface area contributed by atoms with E-state index in [4.69, 9.17) is 33.2 Å². The number of fused-ring (bicyclic) bond motifs is 1. The fraction of sp³-hybridized carbons (Fsp3) is 0.200. The molecule has 0 aliphatic rings. The van der Waals surface area contributed by atoms with Crippen molar-refractivity contribution in [1.82, 2.24) is 4.57 Å². The second-order valence-electron chi connectivity index (χ2n) is 5.99. The van der Waals surface area contributed by atoms with Gasteiger partial charge in [-0.05, 0) is 37.3 Å². The number of carbonyl (C=O) groups is 1. The van der Waals surface area contributed by atoms with Gasteiger partial charge in [-0.3, -0.25) is 4.79 Å². The van der Waals surface area contributed by atoms with Crippen molar-refractivity contribution < 1.29 is 9.53 Å². The van der Waals surface area contributed by atoms with Crippen LogP contribution in [0.2, 0.25) is 10.0 Å². The summed E-state index contributed by atoms with van der Waals surface area (Å²) in [6.45, 7) is 2.17. The molecule has 1 atom stereocenters. The van der Waals surface area contributed by atoms with Crippen molar-refractivity contribution in [3.63, 3.8) is 0 Å². The number of rotatable bonds is 6. The van der Waals surface area contributed by atoms with E-state index in [9.17, 15) is 4.79 Å². The average Bonchev–Trinajstić information content (AvgIpc) is 2.99. The van der Waals surface area contributed by atoms with E-state index in [1.807, 2.05) is 29.7 Å².